The first-order valence-electron chi connectivity index (χ1n) is 8.66. The van der Waals surface area contributed by atoms with E-state index in [0.29, 0.717) is 39.5 Å². The lowest BCUT2D eigenvalue weighted by Crippen LogP contribution is -2.35. The standard InChI is InChI=1S/C18H25N3O4S/c1-6-10(4)13(17(22)23)21-15-12-11(5)14(18(24)25-7-9(2)3)26-16(12)20-8-19-15/h8-10,13H,6-7H2,1-5H3,(H,22,23)(H,19,20,21). The molecule has 0 fully saturated rings. The van der Waals surface area contributed by atoms with Crippen LogP contribution in [-0.4, -0.2) is 39.7 Å². The minimum atomic E-state index is -0.935. The number of carbonyl (C=O) groups excluding carboxylic acids is 1. The van der Waals surface area contributed by atoms with E-state index >= 15 is 0 Å². The molecule has 0 saturated carbocycles. The molecule has 2 atom stereocenters. The number of hydrogen-bond donors (Lipinski definition) is 2. The summed E-state index contributed by atoms with van der Waals surface area (Å²) in [7, 11) is 0. The summed E-state index contributed by atoms with van der Waals surface area (Å²) in [6.07, 6.45) is 2.09. The predicted octanol–water partition coefficient (Wildman–Crippen LogP) is 3.72. The van der Waals surface area contributed by atoms with Gasteiger partial charge < -0.3 is 15.2 Å². The fourth-order valence-electron chi connectivity index (χ4n) is 2.51. The number of carbonyl (C=O) groups is 2. The van der Waals surface area contributed by atoms with Crippen molar-refractivity contribution in [3.63, 3.8) is 0 Å². The van der Waals surface area contributed by atoms with Gasteiger partial charge in [-0.25, -0.2) is 19.6 Å². The number of aliphatic carboxylic acids is 1. The Morgan fingerprint density at radius 1 is 1.31 bits per heavy atom. The maximum absolute atomic E-state index is 12.4. The van der Waals surface area contributed by atoms with Crippen LogP contribution in [0.1, 0.15) is 49.4 Å². The number of ether oxygens (including phenoxy) is 1. The van der Waals surface area contributed by atoms with E-state index in [-0.39, 0.29) is 17.8 Å². The van der Waals surface area contributed by atoms with Gasteiger partial charge in [-0.2, -0.15) is 0 Å². The lowest BCUT2D eigenvalue weighted by atomic mass is 9.99. The molecule has 0 aromatic carbocycles. The number of fused-ring (bicyclic) bond motifs is 1. The van der Waals surface area contributed by atoms with Crippen molar-refractivity contribution in [1.29, 1.82) is 0 Å². The Morgan fingerprint density at radius 3 is 2.58 bits per heavy atom. The molecule has 0 aliphatic heterocycles. The number of carboxylic acids is 1. The predicted molar refractivity (Wildman–Crippen MR) is 102 cm³/mol. The van der Waals surface area contributed by atoms with Crippen molar-refractivity contribution in [3.05, 3.63) is 16.8 Å². The van der Waals surface area contributed by atoms with Crippen LogP contribution in [0.25, 0.3) is 10.2 Å². The number of nitrogens with zero attached hydrogens (tertiary/aromatic N) is 2. The first-order chi connectivity index (χ1) is 12.3. The Hall–Kier alpha value is -2.22. The molecule has 2 unspecified atom stereocenters. The molecular formula is C18H25N3O4S. The highest BCUT2D eigenvalue weighted by atomic mass is 32.1. The highest BCUT2D eigenvalue weighted by Crippen LogP contribution is 2.34. The van der Waals surface area contributed by atoms with Crippen LogP contribution < -0.4 is 5.32 Å². The first-order valence-corrected chi connectivity index (χ1v) is 9.48. The van der Waals surface area contributed by atoms with Crippen LogP contribution in [0.15, 0.2) is 6.33 Å². The second kappa shape index (κ2) is 8.44. The highest BCUT2D eigenvalue weighted by Gasteiger charge is 2.26. The van der Waals surface area contributed by atoms with E-state index in [0.717, 1.165) is 0 Å². The zero-order valence-electron chi connectivity index (χ0n) is 15.7. The van der Waals surface area contributed by atoms with Crippen LogP contribution in [0.3, 0.4) is 0 Å². The number of hydrogen-bond acceptors (Lipinski definition) is 7. The first kappa shape index (κ1) is 20.1. The average molecular weight is 379 g/mol. The number of esters is 1. The maximum atomic E-state index is 12.4. The van der Waals surface area contributed by atoms with Crippen molar-refractivity contribution >= 4 is 39.3 Å². The molecule has 0 saturated heterocycles. The summed E-state index contributed by atoms with van der Waals surface area (Å²) in [4.78, 5) is 33.5. The van der Waals surface area contributed by atoms with Crippen LogP contribution >= 0.6 is 11.3 Å². The number of aryl methyl sites for hydroxylation is 1. The Bertz CT molecular complexity index is 803. The van der Waals surface area contributed by atoms with Crippen molar-refractivity contribution in [2.45, 2.75) is 47.1 Å². The summed E-state index contributed by atoms with van der Waals surface area (Å²) < 4.78 is 5.32. The van der Waals surface area contributed by atoms with E-state index in [1.54, 1.807) is 6.92 Å². The van der Waals surface area contributed by atoms with Crippen molar-refractivity contribution in [3.8, 4) is 0 Å². The van der Waals surface area contributed by atoms with Crippen molar-refractivity contribution in [1.82, 2.24) is 9.97 Å². The van der Waals surface area contributed by atoms with Gasteiger partial charge in [0.25, 0.3) is 0 Å². The van der Waals surface area contributed by atoms with Crippen molar-refractivity contribution in [2.75, 3.05) is 11.9 Å². The zero-order chi connectivity index (χ0) is 19.4. The zero-order valence-corrected chi connectivity index (χ0v) is 16.5. The van der Waals surface area contributed by atoms with E-state index < -0.39 is 12.0 Å². The summed E-state index contributed by atoms with van der Waals surface area (Å²) >= 11 is 1.23. The molecule has 26 heavy (non-hydrogen) atoms. The summed E-state index contributed by atoms with van der Waals surface area (Å²) in [5.41, 5.74) is 0.704. The van der Waals surface area contributed by atoms with Gasteiger partial charge in [0.15, 0.2) is 0 Å². The molecule has 0 aliphatic rings. The molecule has 0 aliphatic carbocycles. The normalized spacial score (nSPS) is 13.6. The molecule has 8 heteroatoms. The molecule has 0 radical (unpaired) electrons. The van der Waals surface area contributed by atoms with Gasteiger partial charge in [0.05, 0.1) is 12.0 Å². The fourth-order valence-corrected chi connectivity index (χ4v) is 3.56. The van der Waals surface area contributed by atoms with Gasteiger partial charge in [-0.1, -0.05) is 34.1 Å². The van der Waals surface area contributed by atoms with Gasteiger partial charge in [0, 0.05) is 0 Å². The number of carboxylic acid groups (broad SMARTS) is 1. The maximum Gasteiger partial charge on any atom is 0.348 e. The lowest BCUT2D eigenvalue weighted by Gasteiger charge is -2.21. The highest BCUT2D eigenvalue weighted by molar-refractivity contribution is 7.20. The molecule has 2 aromatic heterocycles. The number of nitrogens with one attached hydrogen (secondary N) is 1. The van der Waals surface area contributed by atoms with Crippen LogP contribution in [0, 0.1) is 18.8 Å². The topological polar surface area (TPSA) is 101 Å². The Labute approximate surface area is 156 Å². The van der Waals surface area contributed by atoms with E-state index in [1.807, 2.05) is 27.7 Å². The monoisotopic (exact) mass is 379 g/mol. The second-order valence-electron chi connectivity index (χ2n) is 6.80. The third kappa shape index (κ3) is 4.30. The van der Waals surface area contributed by atoms with Crippen LogP contribution in [0.5, 0.6) is 0 Å². The van der Waals surface area contributed by atoms with Gasteiger partial charge in [-0.3, -0.25) is 0 Å². The molecule has 142 valence electrons. The Balaban J connectivity index is 2.40. The number of rotatable bonds is 8. The Kier molecular flexibility index (Phi) is 6.52. The Morgan fingerprint density at radius 2 is 2.00 bits per heavy atom. The van der Waals surface area contributed by atoms with E-state index in [1.165, 1.54) is 17.7 Å². The molecule has 2 N–H and O–H groups in total. The largest absolute Gasteiger partial charge is 0.480 e. The van der Waals surface area contributed by atoms with Crippen LogP contribution in [-0.2, 0) is 9.53 Å². The fraction of sp³-hybridized carbons (Fsp3) is 0.556. The van der Waals surface area contributed by atoms with Gasteiger partial charge in [-0.15, -0.1) is 11.3 Å². The minimum absolute atomic E-state index is 0.0769. The molecule has 2 aromatic rings. The summed E-state index contributed by atoms with van der Waals surface area (Å²) in [6, 6.07) is -0.770. The number of thiophene rings is 1. The molecule has 2 heterocycles. The smallest absolute Gasteiger partial charge is 0.348 e. The summed E-state index contributed by atoms with van der Waals surface area (Å²) in [6.45, 7) is 9.91. The third-order valence-electron chi connectivity index (χ3n) is 4.23. The average Bonchev–Trinajstić information content (AvgIpc) is 2.94. The molecular weight excluding hydrogens is 354 g/mol. The quantitative estimate of drug-likeness (QED) is 0.674. The summed E-state index contributed by atoms with van der Waals surface area (Å²) in [5.74, 6) is -0.721. The minimum Gasteiger partial charge on any atom is -0.480 e. The van der Waals surface area contributed by atoms with E-state index in [4.69, 9.17) is 4.74 Å². The molecule has 7 nitrogen and oxygen atoms in total. The van der Waals surface area contributed by atoms with Crippen molar-refractivity contribution in [2.24, 2.45) is 11.8 Å². The van der Waals surface area contributed by atoms with E-state index in [9.17, 15) is 14.7 Å². The van der Waals surface area contributed by atoms with Gasteiger partial charge in [-0.05, 0) is 24.3 Å². The second-order valence-corrected chi connectivity index (χ2v) is 7.80. The van der Waals surface area contributed by atoms with E-state index in [2.05, 4.69) is 15.3 Å². The lowest BCUT2D eigenvalue weighted by molar-refractivity contribution is -0.139. The number of anilines is 1. The van der Waals surface area contributed by atoms with Crippen LogP contribution in [0.2, 0.25) is 0 Å². The summed E-state index contributed by atoms with van der Waals surface area (Å²) in [5, 5.41) is 13.2. The van der Waals surface area contributed by atoms with Gasteiger partial charge >= 0.3 is 11.9 Å². The van der Waals surface area contributed by atoms with Crippen molar-refractivity contribution < 1.29 is 19.4 Å². The third-order valence-corrected chi connectivity index (χ3v) is 5.41. The van der Waals surface area contributed by atoms with Gasteiger partial charge in [0.1, 0.15) is 27.9 Å². The molecule has 0 bridgehead atoms. The molecule has 2 rings (SSSR count). The SMILES string of the molecule is CCC(C)C(Nc1ncnc2sc(C(=O)OCC(C)C)c(C)c12)C(=O)O. The van der Waals surface area contributed by atoms with Crippen LogP contribution in [0.4, 0.5) is 5.82 Å². The molecule has 0 amide bonds. The number of aromatic nitrogens is 2. The molecule has 0 spiro atoms. The van der Waals surface area contributed by atoms with Gasteiger partial charge in [0.2, 0.25) is 0 Å².